The maximum atomic E-state index is 12.4. The monoisotopic (exact) mass is 315 g/mol. The molecule has 2 rings (SSSR count). The third-order valence-corrected chi connectivity index (χ3v) is 4.04. The number of furan rings is 1. The fraction of sp³-hybridized carbons (Fsp3) is 0.333. The normalized spacial score (nSPS) is 13.1. The Morgan fingerprint density at radius 2 is 1.95 bits per heavy atom. The van der Waals surface area contributed by atoms with Gasteiger partial charge in [-0.2, -0.15) is 13.2 Å². The van der Waals surface area contributed by atoms with Crippen molar-refractivity contribution >= 4 is 17.4 Å². The average molecular weight is 315 g/mol. The molecule has 1 atom stereocenters. The smallest absolute Gasteiger partial charge is 0.398 e. The van der Waals surface area contributed by atoms with Crippen LogP contribution >= 0.6 is 11.8 Å². The molecular formula is C15H16F3NOS. The topological polar surface area (TPSA) is 25.2 Å². The zero-order chi connectivity index (χ0) is 15.3. The molecular weight excluding hydrogens is 299 g/mol. The van der Waals surface area contributed by atoms with Gasteiger partial charge in [0, 0.05) is 10.6 Å². The van der Waals surface area contributed by atoms with Crippen LogP contribution in [0.25, 0.3) is 0 Å². The second kappa shape index (κ2) is 6.93. The number of halogens is 3. The summed E-state index contributed by atoms with van der Waals surface area (Å²) in [5.74, 6) is -0.128. The Hall–Kier alpha value is -1.56. The number of benzene rings is 1. The summed E-state index contributed by atoms with van der Waals surface area (Å²) in [5, 5.41) is 3.25. The standard InChI is InChI=1S/C15H16F3NOS/c1-2-11(13-7-5-9-20-13)19-12-6-3-4-8-14(12)21-10-15(16,17)18/h3-9,11,19H,2,10H2,1H3. The summed E-state index contributed by atoms with van der Waals surface area (Å²) >= 11 is 0.786. The molecule has 0 spiro atoms. The number of hydrogen-bond acceptors (Lipinski definition) is 3. The van der Waals surface area contributed by atoms with Crippen LogP contribution in [0.3, 0.4) is 0 Å². The van der Waals surface area contributed by atoms with Crippen LogP contribution in [0, 0.1) is 0 Å². The number of rotatable bonds is 6. The quantitative estimate of drug-likeness (QED) is 0.713. The average Bonchev–Trinajstić information content (AvgIpc) is 2.96. The van der Waals surface area contributed by atoms with Crippen LogP contribution in [0.1, 0.15) is 25.1 Å². The molecule has 0 aliphatic rings. The van der Waals surface area contributed by atoms with Crippen molar-refractivity contribution in [3.63, 3.8) is 0 Å². The molecule has 0 saturated heterocycles. The highest BCUT2D eigenvalue weighted by atomic mass is 32.2. The molecule has 0 radical (unpaired) electrons. The van der Waals surface area contributed by atoms with Gasteiger partial charge in [-0.05, 0) is 30.7 Å². The molecule has 114 valence electrons. The van der Waals surface area contributed by atoms with E-state index in [1.54, 1.807) is 36.6 Å². The molecule has 0 saturated carbocycles. The lowest BCUT2D eigenvalue weighted by Gasteiger charge is -2.18. The Bertz CT molecular complexity index is 554. The number of thioether (sulfide) groups is 1. The second-order valence-corrected chi connectivity index (χ2v) is 5.54. The molecule has 0 amide bonds. The molecule has 6 heteroatoms. The van der Waals surface area contributed by atoms with E-state index in [9.17, 15) is 13.2 Å². The molecule has 0 fully saturated rings. The summed E-state index contributed by atoms with van der Waals surface area (Å²) in [4.78, 5) is 0.583. The minimum absolute atomic E-state index is 0.0624. The highest BCUT2D eigenvalue weighted by Crippen LogP contribution is 2.34. The Kier molecular flexibility index (Phi) is 5.22. The molecule has 1 N–H and O–H groups in total. The minimum Gasteiger partial charge on any atom is -0.467 e. The largest absolute Gasteiger partial charge is 0.467 e. The second-order valence-electron chi connectivity index (χ2n) is 4.52. The first-order valence-electron chi connectivity index (χ1n) is 6.58. The fourth-order valence-corrected chi connectivity index (χ4v) is 2.70. The zero-order valence-corrected chi connectivity index (χ0v) is 12.3. The maximum absolute atomic E-state index is 12.4. The van der Waals surface area contributed by atoms with Gasteiger partial charge in [0.25, 0.3) is 0 Å². The molecule has 1 aromatic carbocycles. The van der Waals surface area contributed by atoms with E-state index in [-0.39, 0.29) is 6.04 Å². The molecule has 0 aliphatic heterocycles. The van der Waals surface area contributed by atoms with Gasteiger partial charge in [-0.1, -0.05) is 19.1 Å². The van der Waals surface area contributed by atoms with Crippen molar-refractivity contribution in [2.45, 2.75) is 30.5 Å². The predicted octanol–water partition coefficient (Wildman–Crippen LogP) is 5.50. The molecule has 1 heterocycles. The first-order valence-corrected chi connectivity index (χ1v) is 7.56. The summed E-state index contributed by atoms with van der Waals surface area (Å²) in [6.45, 7) is 1.99. The van der Waals surface area contributed by atoms with Crippen LogP contribution in [-0.2, 0) is 0 Å². The van der Waals surface area contributed by atoms with Gasteiger partial charge >= 0.3 is 6.18 Å². The molecule has 0 aliphatic carbocycles. The van der Waals surface area contributed by atoms with Gasteiger partial charge < -0.3 is 9.73 Å². The fourth-order valence-electron chi connectivity index (χ4n) is 1.92. The van der Waals surface area contributed by atoms with E-state index in [0.29, 0.717) is 10.6 Å². The van der Waals surface area contributed by atoms with Crippen molar-refractivity contribution in [2.75, 3.05) is 11.1 Å². The van der Waals surface area contributed by atoms with E-state index >= 15 is 0 Å². The summed E-state index contributed by atoms with van der Waals surface area (Å²) in [6.07, 6.45) is -1.82. The van der Waals surface area contributed by atoms with Gasteiger partial charge in [0.1, 0.15) is 5.76 Å². The van der Waals surface area contributed by atoms with E-state index in [0.717, 1.165) is 23.9 Å². The van der Waals surface area contributed by atoms with Crippen molar-refractivity contribution in [3.05, 3.63) is 48.4 Å². The molecule has 0 bridgehead atoms. The zero-order valence-electron chi connectivity index (χ0n) is 11.5. The van der Waals surface area contributed by atoms with Gasteiger partial charge in [0.2, 0.25) is 0 Å². The van der Waals surface area contributed by atoms with E-state index in [1.165, 1.54) is 0 Å². The first-order chi connectivity index (χ1) is 9.99. The van der Waals surface area contributed by atoms with Crippen LogP contribution in [-0.4, -0.2) is 11.9 Å². The lowest BCUT2D eigenvalue weighted by molar-refractivity contribution is -0.105. The van der Waals surface area contributed by atoms with Gasteiger partial charge in [-0.15, -0.1) is 11.8 Å². The Labute approximate surface area is 125 Å². The van der Waals surface area contributed by atoms with E-state index in [2.05, 4.69) is 5.32 Å². The SMILES string of the molecule is CCC(Nc1ccccc1SCC(F)(F)F)c1ccco1. The molecule has 1 aromatic heterocycles. The van der Waals surface area contributed by atoms with Crippen molar-refractivity contribution < 1.29 is 17.6 Å². The van der Waals surface area contributed by atoms with E-state index in [1.807, 2.05) is 13.0 Å². The number of para-hydroxylation sites is 1. The molecule has 2 aromatic rings. The van der Waals surface area contributed by atoms with Gasteiger partial charge in [-0.25, -0.2) is 0 Å². The van der Waals surface area contributed by atoms with E-state index < -0.39 is 11.9 Å². The van der Waals surface area contributed by atoms with Crippen LogP contribution in [0.2, 0.25) is 0 Å². The number of alkyl halides is 3. The highest BCUT2D eigenvalue weighted by Gasteiger charge is 2.27. The number of hydrogen-bond donors (Lipinski definition) is 1. The minimum atomic E-state index is -4.18. The summed E-state index contributed by atoms with van der Waals surface area (Å²) < 4.78 is 42.5. The van der Waals surface area contributed by atoms with Crippen molar-refractivity contribution in [3.8, 4) is 0 Å². The molecule has 2 nitrogen and oxygen atoms in total. The number of anilines is 1. The lowest BCUT2D eigenvalue weighted by atomic mass is 10.1. The summed E-state index contributed by atoms with van der Waals surface area (Å²) in [5.41, 5.74) is 0.690. The predicted molar refractivity (Wildman–Crippen MR) is 78.6 cm³/mol. The molecule has 1 unspecified atom stereocenters. The Morgan fingerprint density at radius 3 is 2.57 bits per heavy atom. The van der Waals surface area contributed by atoms with Crippen LogP contribution < -0.4 is 5.32 Å². The third kappa shape index (κ3) is 4.74. The van der Waals surface area contributed by atoms with Crippen LogP contribution in [0.15, 0.2) is 52.0 Å². The molecule has 21 heavy (non-hydrogen) atoms. The lowest BCUT2D eigenvalue weighted by Crippen LogP contribution is -2.12. The van der Waals surface area contributed by atoms with Crippen molar-refractivity contribution in [1.29, 1.82) is 0 Å². The van der Waals surface area contributed by atoms with Crippen molar-refractivity contribution in [2.24, 2.45) is 0 Å². The van der Waals surface area contributed by atoms with E-state index in [4.69, 9.17) is 4.42 Å². The number of nitrogens with one attached hydrogen (secondary N) is 1. The third-order valence-electron chi connectivity index (χ3n) is 2.90. The maximum Gasteiger partial charge on any atom is 0.398 e. The summed E-state index contributed by atoms with van der Waals surface area (Å²) in [7, 11) is 0. The van der Waals surface area contributed by atoms with Crippen LogP contribution in [0.5, 0.6) is 0 Å². The van der Waals surface area contributed by atoms with Gasteiger partial charge in [0.15, 0.2) is 0 Å². The first kappa shape index (κ1) is 15.8. The highest BCUT2D eigenvalue weighted by molar-refractivity contribution is 7.99. The summed E-state index contributed by atoms with van der Waals surface area (Å²) in [6, 6.07) is 10.6. The Morgan fingerprint density at radius 1 is 1.19 bits per heavy atom. The van der Waals surface area contributed by atoms with Crippen LogP contribution in [0.4, 0.5) is 18.9 Å². The van der Waals surface area contributed by atoms with Gasteiger partial charge in [-0.3, -0.25) is 0 Å². The van der Waals surface area contributed by atoms with Gasteiger partial charge in [0.05, 0.1) is 18.1 Å². The Balaban J connectivity index is 2.12. The van der Waals surface area contributed by atoms with Crippen molar-refractivity contribution in [1.82, 2.24) is 0 Å².